The Kier molecular flexibility index (Phi) is 21.7. The van der Waals surface area contributed by atoms with E-state index in [1.165, 1.54) is 25.0 Å². The van der Waals surface area contributed by atoms with Crippen molar-refractivity contribution < 1.29 is 29.4 Å². The van der Waals surface area contributed by atoms with Crippen LogP contribution in [0.15, 0.2) is 36.4 Å². The van der Waals surface area contributed by atoms with Crippen LogP contribution in [0.1, 0.15) is 174 Å². The van der Waals surface area contributed by atoms with Crippen LogP contribution in [0, 0.1) is 0 Å². The van der Waals surface area contributed by atoms with Gasteiger partial charge in [-0.15, -0.1) is 0 Å². The minimum Gasteiger partial charge on any atom is -0.507 e. The Balaban J connectivity index is 1.53. The van der Waals surface area contributed by atoms with Gasteiger partial charge in [0.1, 0.15) is 11.5 Å². The molecule has 0 spiro atoms. The molecule has 10 nitrogen and oxygen atoms in total. The molecule has 0 aromatic heterocycles. The molecule has 0 aliphatic heterocycles. The molecule has 50 heavy (non-hydrogen) atoms. The van der Waals surface area contributed by atoms with Crippen molar-refractivity contribution in [3.63, 3.8) is 0 Å². The maximum Gasteiger partial charge on any atom is 0.273 e. The number of aryl methyl sites for hydroxylation is 2. The molecule has 0 saturated heterocycles. The maximum atomic E-state index is 12.7. The third kappa shape index (κ3) is 17.0. The third-order valence-corrected chi connectivity index (χ3v) is 9.00. The molecular weight excluding hydrogens is 632 g/mol. The summed E-state index contributed by atoms with van der Waals surface area (Å²) < 4.78 is 0. The van der Waals surface area contributed by atoms with Crippen molar-refractivity contribution >= 4 is 23.6 Å². The van der Waals surface area contributed by atoms with E-state index in [1.54, 1.807) is 12.1 Å². The molecule has 2 aromatic rings. The quantitative estimate of drug-likeness (QED) is 0.0454. The zero-order chi connectivity index (χ0) is 36.4. The van der Waals surface area contributed by atoms with E-state index in [0.29, 0.717) is 38.5 Å². The van der Waals surface area contributed by atoms with Gasteiger partial charge in [-0.2, -0.15) is 0 Å². The predicted molar refractivity (Wildman–Crippen MR) is 199 cm³/mol. The SMILES string of the molecule is CCCCCCCc1cccc(O)c1C(=O)NNC(=O)CCCCCCCCCCC(=O)NNC(=O)c1c(O)cccc1CCCCCCC. The number of hydrogen-bond acceptors (Lipinski definition) is 6. The summed E-state index contributed by atoms with van der Waals surface area (Å²) in [5.74, 6) is -1.71. The average Bonchev–Trinajstić information content (AvgIpc) is 3.10. The van der Waals surface area contributed by atoms with Crippen LogP contribution < -0.4 is 21.7 Å². The fraction of sp³-hybridized carbons (Fsp3) is 0.600. The number of benzene rings is 2. The lowest BCUT2D eigenvalue weighted by Gasteiger charge is -2.13. The van der Waals surface area contributed by atoms with Crippen LogP contribution >= 0.6 is 0 Å². The van der Waals surface area contributed by atoms with Crippen molar-refractivity contribution in [1.29, 1.82) is 0 Å². The largest absolute Gasteiger partial charge is 0.507 e. The third-order valence-electron chi connectivity index (χ3n) is 9.00. The Morgan fingerprint density at radius 1 is 0.460 bits per heavy atom. The van der Waals surface area contributed by atoms with Gasteiger partial charge in [0, 0.05) is 12.8 Å². The molecule has 2 aromatic carbocycles. The van der Waals surface area contributed by atoms with Crippen molar-refractivity contribution in [2.75, 3.05) is 0 Å². The summed E-state index contributed by atoms with van der Waals surface area (Å²) >= 11 is 0. The van der Waals surface area contributed by atoms with Gasteiger partial charge in [-0.05, 0) is 61.8 Å². The Morgan fingerprint density at radius 3 is 1.18 bits per heavy atom. The number of hydrazine groups is 2. The van der Waals surface area contributed by atoms with Crippen molar-refractivity contribution in [2.24, 2.45) is 0 Å². The Morgan fingerprint density at radius 2 is 0.800 bits per heavy atom. The van der Waals surface area contributed by atoms with E-state index in [0.717, 1.165) is 101 Å². The van der Waals surface area contributed by atoms with Crippen LogP contribution in [0.4, 0.5) is 0 Å². The van der Waals surface area contributed by atoms with Crippen LogP contribution in [0.5, 0.6) is 11.5 Å². The molecule has 0 radical (unpaired) electrons. The standard InChI is InChI=1S/C40H62N4O6/c1-3-5-7-13-17-23-31-25-21-27-33(45)37(31)39(49)43-41-35(47)29-19-15-11-9-10-12-16-20-30-36(48)42-44-40(50)38-32(26-22-28-34(38)46)24-18-14-8-6-4-2/h21-22,25-28,45-46H,3-20,23-24,29-30H2,1-2H3,(H,41,47)(H,42,48)(H,43,49)(H,44,50). The van der Waals surface area contributed by atoms with Crippen molar-refractivity contribution in [3.05, 3.63) is 58.7 Å². The van der Waals surface area contributed by atoms with E-state index in [9.17, 15) is 29.4 Å². The van der Waals surface area contributed by atoms with Gasteiger partial charge in [0.2, 0.25) is 11.8 Å². The summed E-state index contributed by atoms with van der Waals surface area (Å²) in [6, 6.07) is 10.1. The normalized spacial score (nSPS) is 10.8. The second-order valence-corrected chi connectivity index (χ2v) is 13.3. The van der Waals surface area contributed by atoms with Gasteiger partial charge in [-0.1, -0.05) is 128 Å². The molecule has 0 heterocycles. The van der Waals surface area contributed by atoms with Gasteiger partial charge >= 0.3 is 0 Å². The van der Waals surface area contributed by atoms with E-state index in [2.05, 4.69) is 35.6 Å². The van der Waals surface area contributed by atoms with Crippen LogP contribution in [0.3, 0.4) is 0 Å². The zero-order valence-electron chi connectivity index (χ0n) is 30.5. The lowest BCUT2D eigenvalue weighted by atomic mass is 9.99. The summed E-state index contributed by atoms with van der Waals surface area (Å²) in [4.78, 5) is 50.0. The van der Waals surface area contributed by atoms with E-state index in [1.807, 2.05) is 12.1 Å². The molecule has 6 N–H and O–H groups in total. The lowest BCUT2D eigenvalue weighted by Crippen LogP contribution is -2.41. The number of hydrogen-bond donors (Lipinski definition) is 6. The van der Waals surface area contributed by atoms with Gasteiger partial charge in [0.15, 0.2) is 0 Å². The molecule has 0 atom stereocenters. The smallest absolute Gasteiger partial charge is 0.273 e. The van der Waals surface area contributed by atoms with E-state index in [-0.39, 0.29) is 34.4 Å². The first-order valence-electron chi connectivity index (χ1n) is 19.1. The predicted octanol–water partition coefficient (Wildman–Crippen LogP) is 8.25. The molecule has 0 unspecified atom stereocenters. The summed E-state index contributed by atoms with van der Waals surface area (Å²) in [5.41, 5.74) is 11.9. The highest BCUT2D eigenvalue weighted by Crippen LogP contribution is 2.24. The number of phenolic OH excluding ortho intramolecular Hbond substituents is 2. The fourth-order valence-electron chi connectivity index (χ4n) is 6.09. The van der Waals surface area contributed by atoms with E-state index >= 15 is 0 Å². The summed E-state index contributed by atoms with van der Waals surface area (Å²) in [6.07, 6.45) is 20.4. The summed E-state index contributed by atoms with van der Waals surface area (Å²) in [6.45, 7) is 4.33. The molecule has 0 aliphatic carbocycles. The first-order chi connectivity index (χ1) is 24.3. The molecule has 0 aliphatic rings. The first-order valence-corrected chi connectivity index (χ1v) is 19.1. The summed E-state index contributed by atoms with van der Waals surface area (Å²) in [5, 5.41) is 20.6. The van der Waals surface area contributed by atoms with Crippen LogP contribution in [-0.4, -0.2) is 33.8 Å². The second kappa shape index (κ2) is 25.8. The lowest BCUT2D eigenvalue weighted by molar-refractivity contribution is -0.122. The molecule has 4 amide bonds. The fourth-order valence-corrected chi connectivity index (χ4v) is 6.09. The number of aromatic hydroxyl groups is 2. The van der Waals surface area contributed by atoms with Gasteiger partial charge in [-0.25, -0.2) is 0 Å². The highest BCUT2D eigenvalue weighted by atomic mass is 16.3. The number of amides is 4. The monoisotopic (exact) mass is 694 g/mol. The molecular formula is C40H62N4O6. The summed E-state index contributed by atoms with van der Waals surface area (Å²) in [7, 11) is 0. The average molecular weight is 695 g/mol. The van der Waals surface area contributed by atoms with Crippen LogP contribution in [-0.2, 0) is 22.4 Å². The van der Waals surface area contributed by atoms with Crippen LogP contribution in [0.2, 0.25) is 0 Å². The van der Waals surface area contributed by atoms with Crippen LogP contribution in [0.25, 0.3) is 0 Å². The highest BCUT2D eigenvalue weighted by Gasteiger charge is 2.18. The number of unbranched alkanes of at least 4 members (excludes halogenated alkanes) is 15. The number of phenols is 2. The minimum atomic E-state index is -0.507. The van der Waals surface area contributed by atoms with Gasteiger partial charge in [-0.3, -0.25) is 40.9 Å². The Bertz CT molecular complexity index is 1220. The zero-order valence-corrected chi connectivity index (χ0v) is 30.5. The number of nitrogens with one attached hydrogen (secondary N) is 4. The van der Waals surface area contributed by atoms with Crippen molar-refractivity contribution in [3.8, 4) is 11.5 Å². The topological polar surface area (TPSA) is 157 Å². The van der Waals surface area contributed by atoms with Crippen molar-refractivity contribution in [2.45, 2.75) is 155 Å². The van der Waals surface area contributed by atoms with Gasteiger partial charge < -0.3 is 10.2 Å². The Hall–Kier alpha value is -4.08. The minimum absolute atomic E-state index is 0.0858. The number of carbonyl (C=O) groups is 4. The molecule has 10 heteroatoms. The first kappa shape index (κ1) is 42.1. The molecule has 0 fully saturated rings. The molecule has 0 bridgehead atoms. The van der Waals surface area contributed by atoms with Crippen molar-refractivity contribution in [1.82, 2.24) is 21.7 Å². The number of rotatable bonds is 25. The maximum absolute atomic E-state index is 12.7. The van der Waals surface area contributed by atoms with E-state index < -0.39 is 11.8 Å². The van der Waals surface area contributed by atoms with E-state index in [4.69, 9.17) is 0 Å². The van der Waals surface area contributed by atoms with Gasteiger partial charge in [0.25, 0.3) is 11.8 Å². The highest BCUT2D eigenvalue weighted by molar-refractivity contribution is 5.99. The van der Waals surface area contributed by atoms with Gasteiger partial charge in [0.05, 0.1) is 11.1 Å². The molecule has 2 rings (SSSR count). The number of carbonyl (C=O) groups excluding carboxylic acids is 4. The molecule has 0 saturated carbocycles. The Labute approximate surface area is 299 Å². The second-order valence-electron chi connectivity index (χ2n) is 13.3. The molecule has 278 valence electrons.